The minimum absolute atomic E-state index is 0. The largest absolute Gasteiger partial charge is 1.00 e. The molecule has 0 atom stereocenters. The number of ether oxygens (including phenoxy) is 2. The summed E-state index contributed by atoms with van der Waals surface area (Å²) in [5.41, 5.74) is 4.19. The number of rotatable bonds is 5. The molecule has 0 bridgehead atoms. The summed E-state index contributed by atoms with van der Waals surface area (Å²) in [5, 5.41) is 4.13. The Morgan fingerprint density at radius 1 is 1.00 bits per heavy atom. The number of carbonyl (C=O) groups excluding carboxylic acids is 2. The number of benzene rings is 2. The van der Waals surface area contributed by atoms with Gasteiger partial charge in [-0.05, 0) is 62.4 Å². The number of anilines is 2. The topological polar surface area (TPSA) is 77.5 Å². The van der Waals surface area contributed by atoms with Crippen LogP contribution in [0.2, 0.25) is 0 Å². The van der Waals surface area contributed by atoms with Crippen LogP contribution in [0.1, 0.15) is 33.3 Å². The third kappa shape index (κ3) is 4.58. The molecule has 7 heteroatoms. The number of hydrogen-bond donors (Lipinski definition) is 1. The maximum Gasteiger partial charge on any atom is 0.338 e. The molecule has 146 valence electrons. The number of nitrogens with zero attached hydrogens (tertiary/aromatic N) is 1. The number of halogens is 1. The summed E-state index contributed by atoms with van der Waals surface area (Å²) in [5.74, 6) is -0.751. The van der Waals surface area contributed by atoms with E-state index in [2.05, 4.69) is 10.3 Å². The molecule has 0 spiro atoms. The van der Waals surface area contributed by atoms with Crippen molar-refractivity contribution in [2.24, 2.45) is 0 Å². The molecule has 2 aromatic carbocycles. The van der Waals surface area contributed by atoms with Crippen LogP contribution in [0.25, 0.3) is 10.9 Å². The Morgan fingerprint density at radius 3 is 2.32 bits per heavy atom. The van der Waals surface area contributed by atoms with E-state index in [9.17, 15) is 9.59 Å². The number of aryl methyl sites for hydroxylation is 1. The van der Waals surface area contributed by atoms with E-state index in [0.717, 1.165) is 28.0 Å². The van der Waals surface area contributed by atoms with E-state index in [4.69, 9.17) is 9.47 Å². The van der Waals surface area contributed by atoms with E-state index in [1.165, 1.54) is 7.11 Å². The minimum Gasteiger partial charge on any atom is -1.00 e. The molecule has 3 rings (SSSR count). The fourth-order valence-corrected chi connectivity index (χ4v) is 2.77. The molecule has 0 aliphatic heterocycles. The van der Waals surface area contributed by atoms with Crippen molar-refractivity contribution in [1.82, 2.24) is 4.98 Å². The van der Waals surface area contributed by atoms with Gasteiger partial charge >= 0.3 is 11.9 Å². The second-order valence-corrected chi connectivity index (χ2v) is 5.96. The maximum absolute atomic E-state index is 12.0. The summed E-state index contributed by atoms with van der Waals surface area (Å²) in [4.78, 5) is 28.1. The molecule has 0 aliphatic carbocycles. The fourth-order valence-electron chi connectivity index (χ4n) is 2.77. The van der Waals surface area contributed by atoms with Crippen molar-refractivity contribution in [2.45, 2.75) is 13.8 Å². The normalized spacial score (nSPS) is 10.1. The van der Waals surface area contributed by atoms with Crippen LogP contribution in [-0.4, -0.2) is 30.6 Å². The molecule has 0 saturated heterocycles. The number of esters is 2. The lowest BCUT2D eigenvalue weighted by atomic mass is 10.1. The highest BCUT2D eigenvalue weighted by molar-refractivity contribution is 6.00. The van der Waals surface area contributed by atoms with Gasteiger partial charge in [-0.1, -0.05) is 0 Å². The highest BCUT2D eigenvalue weighted by Gasteiger charge is 2.11. The molecule has 28 heavy (non-hydrogen) atoms. The van der Waals surface area contributed by atoms with Gasteiger partial charge in [-0.25, -0.2) is 9.59 Å². The van der Waals surface area contributed by atoms with E-state index >= 15 is 0 Å². The summed E-state index contributed by atoms with van der Waals surface area (Å²) in [6.45, 7) is 4.00. The Morgan fingerprint density at radius 2 is 1.68 bits per heavy atom. The van der Waals surface area contributed by atoms with Crippen molar-refractivity contribution in [3.63, 3.8) is 0 Å². The van der Waals surface area contributed by atoms with Gasteiger partial charge in [-0.3, -0.25) is 4.98 Å². The lowest BCUT2D eigenvalue weighted by Gasteiger charge is -2.12. The number of fused-ring (bicyclic) bond motifs is 1. The molecule has 0 aliphatic rings. The van der Waals surface area contributed by atoms with E-state index in [-0.39, 0.29) is 24.3 Å². The molecule has 0 unspecified atom stereocenters. The van der Waals surface area contributed by atoms with Crippen LogP contribution in [0.15, 0.2) is 48.5 Å². The second kappa shape index (κ2) is 9.19. The summed E-state index contributed by atoms with van der Waals surface area (Å²) in [7, 11) is 1.35. The smallest absolute Gasteiger partial charge is 0.338 e. The van der Waals surface area contributed by atoms with Crippen LogP contribution in [0.4, 0.5) is 11.4 Å². The third-order valence-electron chi connectivity index (χ3n) is 4.03. The van der Waals surface area contributed by atoms with Crippen LogP contribution >= 0.6 is 0 Å². The van der Waals surface area contributed by atoms with Crippen molar-refractivity contribution in [1.29, 1.82) is 0 Å². The minimum atomic E-state index is -0.383. The van der Waals surface area contributed by atoms with Crippen molar-refractivity contribution in [2.75, 3.05) is 19.0 Å². The lowest BCUT2D eigenvalue weighted by molar-refractivity contribution is -0.0000376. The standard InChI is InChI=1S/C21H20N2O4.ClH/c1-4-27-21(25)15-7-10-18-17(12-15)19(11-13(2)22-18)23-16-8-5-14(6-9-16)20(24)26-3;/h5-12H,4H2,1-3H3,(H,22,23);1H/p-1. The van der Waals surface area contributed by atoms with Crippen molar-refractivity contribution >= 4 is 34.2 Å². The van der Waals surface area contributed by atoms with Crippen LogP contribution in [0.5, 0.6) is 0 Å². The number of pyridine rings is 1. The molecule has 1 N–H and O–H groups in total. The zero-order valence-corrected chi connectivity index (χ0v) is 16.5. The first-order chi connectivity index (χ1) is 13.0. The summed E-state index contributed by atoms with van der Waals surface area (Å²) >= 11 is 0. The van der Waals surface area contributed by atoms with Gasteiger partial charge in [0.15, 0.2) is 0 Å². The van der Waals surface area contributed by atoms with Crippen molar-refractivity contribution in [3.8, 4) is 0 Å². The number of nitrogens with one attached hydrogen (secondary N) is 1. The first-order valence-corrected chi connectivity index (χ1v) is 8.55. The van der Waals surface area contributed by atoms with Gasteiger partial charge in [-0.15, -0.1) is 0 Å². The van der Waals surface area contributed by atoms with Gasteiger partial charge in [-0.2, -0.15) is 0 Å². The Balaban J connectivity index is 0.00000280. The lowest BCUT2D eigenvalue weighted by Crippen LogP contribution is -3.00. The maximum atomic E-state index is 12.0. The molecule has 6 nitrogen and oxygen atoms in total. The molecule has 0 fully saturated rings. The summed E-state index contributed by atoms with van der Waals surface area (Å²) < 4.78 is 9.79. The fraction of sp³-hybridized carbons (Fsp3) is 0.190. The SMILES string of the molecule is CCOC(=O)c1ccc2nc(C)cc(Nc3ccc(C(=O)OC)cc3)c2c1.[Cl-]. The van der Waals surface area contributed by atoms with Gasteiger partial charge in [0.2, 0.25) is 0 Å². The Kier molecular flexibility index (Phi) is 6.95. The van der Waals surface area contributed by atoms with Crippen LogP contribution in [0.3, 0.4) is 0 Å². The van der Waals surface area contributed by atoms with Gasteiger partial charge in [0.25, 0.3) is 0 Å². The van der Waals surface area contributed by atoms with Crippen LogP contribution < -0.4 is 17.7 Å². The Hall–Kier alpha value is -3.12. The van der Waals surface area contributed by atoms with E-state index < -0.39 is 0 Å². The predicted octanol–water partition coefficient (Wildman–Crippen LogP) is 1.25. The highest BCUT2D eigenvalue weighted by Crippen LogP contribution is 2.28. The number of methoxy groups -OCH3 is 1. The molecule has 0 radical (unpaired) electrons. The molecule has 3 aromatic rings. The van der Waals surface area contributed by atoms with Crippen LogP contribution in [0, 0.1) is 6.92 Å². The van der Waals surface area contributed by atoms with Crippen LogP contribution in [-0.2, 0) is 9.47 Å². The Labute approximate surface area is 169 Å². The van der Waals surface area contributed by atoms with Gasteiger partial charge in [0.1, 0.15) is 0 Å². The zero-order chi connectivity index (χ0) is 19.4. The average Bonchev–Trinajstić information content (AvgIpc) is 2.67. The number of carbonyl (C=O) groups is 2. The average molecular weight is 400 g/mol. The molecule has 0 amide bonds. The van der Waals surface area contributed by atoms with E-state index in [1.807, 2.05) is 13.0 Å². The van der Waals surface area contributed by atoms with E-state index in [1.54, 1.807) is 49.4 Å². The second-order valence-electron chi connectivity index (χ2n) is 5.96. The molecule has 1 heterocycles. The van der Waals surface area contributed by atoms with Crippen molar-refractivity contribution in [3.05, 3.63) is 65.4 Å². The van der Waals surface area contributed by atoms with Gasteiger partial charge < -0.3 is 27.2 Å². The first-order valence-electron chi connectivity index (χ1n) is 8.55. The zero-order valence-electron chi connectivity index (χ0n) is 15.8. The van der Waals surface area contributed by atoms with E-state index in [0.29, 0.717) is 17.7 Å². The number of hydrogen-bond acceptors (Lipinski definition) is 6. The quantitative estimate of drug-likeness (QED) is 0.651. The predicted molar refractivity (Wildman–Crippen MR) is 104 cm³/mol. The Bertz CT molecular complexity index is 1000. The third-order valence-corrected chi connectivity index (χ3v) is 4.03. The summed E-state index contributed by atoms with van der Waals surface area (Å²) in [6, 6.07) is 14.2. The molecular formula is C21H20ClN2O4-. The van der Waals surface area contributed by atoms with Crippen molar-refractivity contribution < 1.29 is 31.5 Å². The monoisotopic (exact) mass is 399 g/mol. The number of aromatic nitrogens is 1. The van der Waals surface area contributed by atoms with Gasteiger partial charge in [0.05, 0.1) is 30.4 Å². The first kappa shape index (κ1) is 21.2. The van der Waals surface area contributed by atoms with Gasteiger partial charge in [0, 0.05) is 22.5 Å². The highest BCUT2D eigenvalue weighted by atomic mass is 35.5. The molecule has 1 aromatic heterocycles. The molecule has 0 saturated carbocycles. The summed E-state index contributed by atoms with van der Waals surface area (Å²) in [6.07, 6.45) is 0. The molecular weight excluding hydrogens is 380 g/mol.